The molecule has 22 heavy (non-hydrogen) atoms. The van der Waals surface area contributed by atoms with Crippen LogP contribution in [0.25, 0.3) is 0 Å². The number of nitrogens with zero attached hydrogens (tertiary/aromatic N) is 3. The van der Waals surface area contributed by atoms with Gasteiger partial charge in [0, 0.05) is 37.4 Å². The van der Waals surface area contributed by atoms with E-state index < -0.39 is 0 Å². The average molecular weight is 301 g/mol. The first kappa shape index (κ1) is 15.1. The molecule has 1 saturated heterocycles. The third-order valence-corrected chi connectivity index (χ3v) is 4.57. The van der Waals surface area contributed by atoms with Gasteiger partial charge in [-0.05, 0) is 31.0 Å². The van der Waals surface area contributed by atoms with Gasteiger partial charge >= 0.3 is 0 Å². The second-order valence-corrected chi connectivity index (χ2v) is 5.99. The zero-order valence-electron chi connectivity index (χ0n) is 13.4. The maximum Gasteiger partial charge on any atom is 0.119 e. The van der Waals surface area contributed by atoms with Crippen LogP contribution in [0.5, 0.6) is 5.75 Å². The van der Waals surface area contributed by atoms with E-state index in [9.17, 15) is 5.11 Å². The normalized spacial score (nSPS) is 22.2. The molecule has 1 aromatic heterocycles. The van der Waals surface area contributed by atoms with Crippen LogP contribution in [-0.2, 0) is 13.6 Å². The number of likely N-dealkylation sites (tertiary alicyclic amines) is 1. The maximum atomic E-state index is 10.1. The molecule has 1 aliphatic heterocycles. The number of β-amino-alcohol motifs (C(OH)–C–C–N with tert-alkyl or cyclic N) is 1. The van der Waals surface area contributed by atoms with Crippen LogP contribution >= 0.6 is 0 Å². The van der Waals surface area contributed by atoms with E-state index >= 15 is 0 Å². The van der Waals surface area contributed by atoms with Crippen LogP contribution < -0.4 is 4.74 Å². The molecule has 1 N–H and O–H groups in total. The number of benzene rings is 1. The second-order valence-electron chi connectivity index (χ2n) is 5.99. The van der Waals surface area contributed by atoms with Crippen LogP contribution in [0, 0.1) is 6.92 Å². The number of ether oxygens (including phenoxy) is 1. The summed E-state index contributed by atoms with van der Waals surface area (Å²) < 4.78 is 7.21. The highest BCUT2D eigenvalue weighted by atomic mass is 16.5. The first-order chi connectivity index (χ1) is 10.6. The first-order valence-corrected chi connectivity index (χ1v) is 7.62. The van der Waals surface area contributed by atoms with Crippen molar-refractivity contribution in [2.24, 2.45) is 7.05 Å². The quantitative estimate of drug-likeness (QED) is 0.939. The molecule has 1 aliphatic rings. The Bertz CT molecular complexity index is 653. The van der Waals surface area contributed by atoms with Gasteiger partial charge in [0.25, 0.3) is 0 Å². The highest BCUT2D eigenvalue weighted by molar-refractivity contribution is 5.31. The average Bonchev–Trinajstić information content (AvgIpc) is 3.04. The molecule has 0 radical (unpaired) electrons. The molecule has 0 bridgehead atoms. The van der Waals surface area contributed by atoms with Crippen LogP contribution in [0.15, 0.2) is 30.5 Å². The smallest absolute Gasteiger partial charge is 0.119 e. The first-order valence-electron chi connectivity index (χ1n) is 7.62. The molecule has 2 atom stereocenters. The predicted molar refractivity (Wildman–Crippen MR) is 84.7 cm³/mol. The minimum absolute atomic E-state index is 0.213. The largest absolute Gasteiger partial charge is 0.497 e. The number of aliphatic hydroxyl groups excluding tert-OH is 1. The van der Waals surface area contributed by atoms with E-state index in [1.54, 1.807) is 7.11 Å². The van der Waals surface area contributed by atoms with E-state index in [2.05, 4.69) is 29.1 Å². The van der Waals surface area contributed by atoms with Crippen molar-refractivity contribution in [2.75, 3.05) is 13.7 Å². The molecule has 118 valence electrons. The number of hydrogen-bond donors (Lipinski definition) is 1. The molecule has 1 aromatic carbocycles. The minimum atomic E-state index is -0.284. The Morgan fingerprint density at radius 2 is 2.23 bits per heavy atom. The number of rotatable bonds is 4. The number of aliphatic hydroxyl groups is 1. The zero-order valence-corrected chi connectivity index (χ0v) is 13.4. The Hall–Kier alpha value is -1.85. The summed E-state index contributed by atoms with van der Waals surface area (Å²) >= 11 is 0. The summed E-state index contributed by atoms with van der Waals surface area (Å²) in [6, 6.07) is 8.33. The van der Waals surface area contributed by atoms with Crippen LogP contribution in [0.2, 0.25) is 0 Å². The molecule has 2 aromatic rings. The summed E-state index contributed by atoms with van der Waals surface area (Å²) in [5, 5.41) is 14.4. The van der Waals surface area contributed by atoms with Gasteiger partial charge in [-0.1, -0.05) is 12.1 Å². The number of aromatic nitrogens is 2. The monoisotopic (exact) mass is 301 g/mol. The van der Waals surface area contributed by atoms with Crippen molar-refractivity contribution < 1.29 is 9.84 Å². The van der Waals surface area contributed by atoms with Crippen molar-refractivity contribution in [1.82, 2.24) is 14.7 Å². The Balaban J connectivity index is 1.84. The van der Waals surface area contributed by atoms with Gasteiger partial charge in [0.05, 0.1) is 19.4 Å². The molecular formula is C17H23N3O2. The van der Waals surface area contributed by atoms with E-state index in [1.165, 1.54) is 16.8 Å². The van der Waals surface area contributed by atoms with Gasteiger partial charge in [0.2, 0.25) is 0 Å². The number of aryl methyl sites for hydroxylation is 1. The standard InChI is InChI=1S/C17H23N3O2/c1-12-14(9-18-19(12)2)10-20-11-15(21)8-17(20)13-5-4-6-16(7-13)22-3/h4-7,9,15,17,21H,8,10-11H2,1-3H3/t15-,17-/m1/s1. The Kier molecular flexibility index (Phi) is 4.18. The van der Waals surface area contributed by atoms with Crippen molar-refractivity contribution in [3.63, 3.8) is 0 Å². The Morgan fingerprint density at radius 1 is 1.41 bits per heavy atom. The fourth-order valence-corrected chi connectivity index (χ4v) is 3.17. The maximum absolute atomic E-state index is 10.1. The lowest BCUT2D eigenvalue weighted by Crippen LogP contribution is -2.24. The number of hydrogen-bond acceptors (Lipinski definition) is 4. The van der Waals surface area contributed by atoms with E-state index in [-0.39, 0.29) is 12.1 Å². The predicted octanol–water partition coefficient (Wildman–Crippen LogP) is 2.05. The van der Waals surface area contributed by atoms with Gasteiger partial charge in [-0.15, -0.1) is 0 Å². The van der Waals surface area contributed by atoms with Gasteiger partial charge < -0.3 is 9.84 Å². The summed E-state index contributed by atoms with van der Waals surface area (Å²) in [6.45, 7) is 3.57. The summed E-state index contributed by atoms with van der Waals surface area (Å²) in [5.74, 6) is 0.858. The molecule has 2 heterocycles. The fraction of sp³-hybridized carbons (Fsp3) is 0.471. The Morgan fingerprint density at radius 3 is 2.91 bits per heavy atom. The Labute approximate surface area is 131 Å². The van der Waals surface area contributed by atoms with Crippen LogP contribution in [0.3, 0.4) is 0 Å². The molecule has 0 saturated carbocycles. The van der Waals surface area contributed by atoms with Gasteiger partial charge in [0.15, 0.2) is 0 Å². The van der Waals surface area contributed by atoms with E-state index in [4.69, 9.17) is 4.74 Å². The van der Waals surface area contributed by atoms with Gasteiger partial charge in [0.1, 0.15) is 5.75 Å². The highest BCUT2D eigenvalue weighted by Gasteiger charge is 2.32. The molecule has 1 fully saturated rings. The van der Waals surface area contributed by atoms with Crippen LogP contribution in [0.1, 0.15) is 29.3 Å². The zero-order chi connectivity index (χ0) is 15.7. The summed E-state index contributed by atoms with van der Waals surface area (Å²) in [4.78, 5) is 2.32. The van der Waals surface area contributed by atoms with Crippen LogP contribution in [0.4, 0.5) is 0 Å². The highest BCUT2D eigenvalue weighted by Crippen LogP contribution is 2.35. The van der Waals surface area contributed by atoms with Crippen molar-refractivity contribution >= 4 is 0 Å². The van der Waals surface area contributed by atoms with Gasteiger partial charge in [-0.3, -0.25) is 9.58 Å². The lowest BCUT2D eigenvalue weighted by molar-refractivity contribution is 0.172. The van der Waals surface area contributed by atoms with Crippen molar-refractivity contribution in [3.8, 4) is 5.75 Å². The van der Waals surface area contributed by atoms with Crippen LogP contribution in [-0.4, -0.2) is 39.5 Å². The van der Waals surface area contributed by atoms with Gasteiger partial charge in [-0.2, -0.15) is 5.10 Å². The fourth-order valence-electron chi connectivity index (χ4n) is 3.17. The van der Waals surface area contributed by atoms with E-state index in [0.717, 1.165) is 18.7 Å². The summed E-state index contributed by atoms with van der Waals surface area (Å²) in [6.07, 6.45) is 2.39. The number of methoxy groups -OCH3 is 1. The van der Waals surface area contributed by atoms with E-state index in [1.807, 2.05) is 30.1 Å². The molecular weight excluding hydrogens is 278 g/mol. The minimum Gasteiger partial charge on any atom is -0.497 e. The third kappa shape index (κ3) is 2.87. The SMILES string of the molecule is COc1cccc([C@H]2C[C@@H](O)CN2Cc2cnn(C)c2C)c1. The lowest BCUT2D eigenvalue weighted by atomic mass is 10.0. The lowest BCUT2D eigenvalue weighted by Gasteiger charge is -2.24. The molecule has 5 heteroatoms. The van der Waals surface area contributed by atoms with Crippen molar-refractivity contribution in [1.29, 1.82) is 0 Å². The molecule has 0 unspecified atom stereocenters. The van der Waals surface area contributed by atoms with E-state index in [0.29, 0.717) is 6.54 Å². The summed E-state index contributed by atoms with van der Waals surface area (Å²) in [5.41, 5.74) is 3.58. The topological polar surface area (TPSA) is 50.5 Å². The second kappa shape index (κ2) is 6.10. The van der Waals surface area contributed by atoms with Crippen molar-refractivity contribution in [2.45, 2.75) is 32.0 Å². The molecule has 0 amide bonds. The molecule has 0 spiro atoms. The third-order valence-electron chi connectivity index (χ3n) is 4.57. The van der Waals surface area contributed by atoms with Gasteiger partial charge in [-0.25, -0.2) is 0 Å². The molecule has 5 nitrogen and oxygen atoms in total. The molecule has 3 rings (SSSR count). The summed E-state index contributed by atoms with van der Waals surface area (Å²) in [7, 11) is 3.64. The van der Waals surface area contributed by atoms with Crippen molar-refractivity contribution in [3.05, 3.63) is 47.3 Å². The molecule has 0 aliphatic carbocycles.